The summed E-state index contributed by atoms with van der Waals surface area (Å²) in [5, 5.41) is 17.2. The van der Waals surface area contributed by atoms with E-state index >= 15 is 0 Å². The number of nitrogens with one attached hydrogen (secondary N) is 1. The largest absolute Gasteiger partial charge is 0.337 e. The Labute approximate surface area is 223 Å². The SMILES string of the molecule is CC(=O)NC(c1ccc(Cl)cc1)(c1ccc2c(c1)c(-c1cccc(C)c1)cc1nnnn12)c1cncn1C. The molecule has 188 valence electrons. The number of rotatable bonds is 5. The lowest BCUT2D eigenvalue weighted by Gasteiger charge is -2.36. The molecular formula is C29H24ClN7O. The Kier molecular flexibility index (Phi) is 5.69. The molecule has 0 saturated heterocycles. The quantitative estimate of drug-likeness (QED) is 0.342. The number of nitrogens with zero attached hydrogens (tertiary/aromatic N) is 6. The van der Waals surface area contributed by atoms with E-state index in [1.807, 2.05) is 60.1 Å². The number of imidazole rings is 1. The summed E-state index contributed by atoms with van der Waals surface area (Å²) in [6.07, 6.45) is 3.51. The fourth-order valence-electron chi connectivity index (χ4n) is 5.24. The minimum absolute atomic E-state index is 0.184. The van der Waals surface area contributed by atoms with Crippen molar-refractivity contribution in [2.24, 2.45) is 7.05 Å². The molecule has 0 radical (unpaired) electrons. The number of fused-ring (bicyclic) bond motifs is 3. The van der Waals surface area contributed by atoms with E-state index in [1.165, 1.54) is 6.92 Å². The summed E-state index contributed by atoms with van der Waals surface area (Å²) < 4.78 is 3.64. The van der Waals surface area contributed by atoms with Crippen molar-refractivity contribution in [1.82, 2.24) is 34.9 Å². The van der Waals surface area contributed by atoms with Crippen LogP contribution in [-0.2, 0) is 17.4 Å². The summed E-state index contributed by atoms with van der Waals surface area (Å²) in [5.41, 5.74) is 6.15. The second-order valence-electron chi connectivity index (χ2n) is 9.44. The topological polar surface area (TPSA) is 90.0 Å². The molecule has 38 heavy (non-hydrogen) atoms. The maximum atomic E-state index is 12.8. The van der Waals surface area contributed by atoms with Crippen LogP contribution in [0.25, 0.3) is 27.7 Å². The van der Waals surface area contributed by atoms with Gasteiger partial charge in [0, 0.05) is 24.4 Å². The third-order valence-corrected chi connectivity index (χ3v) is 7.14. The van der Waals surface area contributed by atoms with Gasteiger partial charge in [-0.15, -0.1) is 5.10 Å². The number of hydrogen-bond acceptors (Lipinski definition) is 5. The van der Waals surface area contributed by atoms with Crippen LogP contribution in [-0.4, -0.2) is 35.5 Å². The molecule has 0 fully saturated rings. The zero-order chi connectivity index (χ0) is 26.4. The van der Waals surface area contributed by atoms with Crippen LogP contribution in [0.15, 0.2) is 85.3 Å². The molecule has 0 bridgehead atoms. The highest BCUT2D eigenvalue weighted by molar-refractivity contribution is 6.30. The molecule has 1 atom stereocenters. The van der Waals surface area contributed by atoms with Crippen LogP contribution in [0.1, 0.15) is 29.3 Å². The monoisotopic (exact) mass is 521 g/mol. The van der Waals surface area contributed by atoms with E-state index in [4.69, 9.17) is 11.6 Å². The van der Waals surface area contributed by atoms with E-state index < -0.39 is 5.54 Å². The van der Waals surface area contributed by atoms with Crippen molar-refractivity contribution in [2.75, 3.05) is 0 Å². The highest BCUT2D eigenvalue weighted by Gasteiger charge is 2.40. The standard InChI is InChI=1S/C29H24ClN7O/c1-18-5-4-6-20(13-18)24-15-28-33-34-35-37(28)26-12-9-22(14-25(24)26)29(32-19(2)38,27-16-31-17-36(27)3)21-7-10-23(30)11-8-21/h4-17H,1-3H3,(H,32,38). The van der Waals surface area contributed by atoms with Gasteiger partial charge in [-0.25, -0.2) is 4.98 Å². The summed E-state index contributed by atoms with van der Waals surface area (Å²) in [5.74, 6) is -0.184. The van der Waals surface area contributed by atoms with Crippen molar-refractivity contribution < 1.29 is 4.79 Å². The van der Waals surface area contributed by atoms with Gasteiger partial charge in [-0.2, -0.15) is 4.52 Å². The van der Waals surface area contributed by atoms with Crippen molar-refractivity contribution in [1.29, 1.82) is 0 Å². The molecule has 1 amide bonds. The highest BCUT2D eigenvalue weighted by atomic mass is 35.5. The van der Waals surface area contributed by atoms with Crippen molar-refractivity contribution in [2.45, 2.75) is 19.4 Å². The summed E-state index contributed by atoms with van der Waals surface area (Å²) in [6, 6.07) is 23.9. The van der Waals surface area contributed by atoms with E-state index in [1.54, 1.807) is 17.0 Å². The molecule has 6 rings (SSSR count). The summed E-state index contributed by atoms with van der Waals surface area (Å²) in [7, 11) is 1.92. The Bertz CT molecular complexity index is 1820. The van der Waals surface area contributed by atoms with Crippen LogP contribution in [0.2, 0.25) is 5.02 Å². The van der Waals surface area contributed by atoms with Crippen molar-refractivity contribution in [3.63, 3.8) is 0 Å². The molecule has 3 aromatic heterocycles. The maximum Gasteiger partial charge on any atom is 0.218 e. The minimum Gasteiger partial charge on any atom is -0.337 e. The molecule has 0 saturated carbocycles. The van der Waals surface area contributed by atoms with Gasteiger partial charge in [0.2, 0.25) is 5.91 Å². The highest BCUT2D eigenvalue weighted by Crippen LogP contribution is 2.40. The number of aryl methyl sites for hydroxylation is 2. The lowest BCUT2D eigenvalue weighted by atomic mass is 9.79. The van der Waals surface area contributed by atoms with Gasteiger partial charge in [0.05, 0.1) is 23.7 Å². The second-order valence-corrected chi connectivity index (χ2v) is 9.87. The third-order valence-electron chi connectivity index (χ3n) is 6.89. The number of carbonyl (C=O) groups is 1. The van der Waals surface area contributed by atoms with Gasteiger partial charge in [-0.1, -0.05) is 59.6 Å². The van der Waals surface area contributed by atoms with Gasteiger partial charge in [0.15, 0.2) is 5.65 Å². The van der Waals surface area contributed by atoms with Crippen LogP contribution in [0.3, 0.4) is 0 Å². The van der Waals surface area contributed by atoms with Gasteiger partial charge in [-0.05, 0) is 69.9 Å². The summed E-state index contributed by atoms with van der Waals surface area (Å²) in [6.45, 7) is 3.59. The molecule has 1 unspecified atom stereocenters. The average molecular weight is 522 g/mol. The number of tetrazole rings is 1. The van der Waals surface area contributed by atoms with Crippen LogP contribution in [0.5, 0.6) is 0 Å². The van der Waals surface area contributed by atoms with Crippen LogP contribution < -0.4 is 5.32 Å². The summed E-state index contributed by atoms with van der Waals surface area (Å²) >= 11 is 6.27. The first-order chi connectivity index (χ1) is 18.4. The Morgan fingerprint density at radius 3 is 2.50 bits per heavy atom. The Hall–Kier alpha value is -4.56. The van der Waals surface area contributed by atoms with Gasteiger partial charge in [0.25, 0.3) is 0 Å². The number of aromatic nitrogens is 6. The molecule has 3 heterocycles. The zero-order valence-corrected chi connectivity index (χ0v) is 21.8. The van der Waals surface area contributed by atoms with Crippen LogP contribution in [0.4, 0.5) is 0 Å². The van der Waals surface area contributed by atoms with Crippen molar-refractivity contribution in [3.8, 4) is 11.1 Å². The van der Waals surface area contributed by atoms with E-state index in [0.29, 0.717) is 10.7 Å². The Morgan fingerprint density at radius 1 is 1.00 bits per heavy atom. The Morgan fingerprint density at radius 2 is 1.79 bits per heavy atom. The normalized spacial score (nSPS) is 13.1. The minimum atomic E-state index is -1.05. The molecular weight excluding hydrogens is 498 g/mol. The fourth-order valence-corrected chi connectivity index (χ4v) is 5.36. The molecule has 0 spiro atoms. The molecule has 9 heteroatoms. The molecule has 0 aliphatic carbocycles. The van der Waals surface area contributed by atoms with E-state index in [2.05, 4.69) is 57.0 Å². The molecule has 6 aromatic rings. The first kappa shape index (κ1) is 23.8. The lowest BCUT2D eigenvalue weighted by molar-refractivity contribution is -0.120. The van der Waals surface area contributed by atoms with Crippen molar-refractivity contribution >= 4 is 34.1 Å². The predicted octanol–water partition coefficient (Wildman–Crippen LogP) is 5.07. The zero-order valence-electron chi connectivity index (χ0n) is 21.1. The first-order valence-electron chi connectivity index (χ1n) is 12.1. The van der Waals surface area contributed by atoms with Crippen LogP contribution in [0, 0.1) is 6.92 Å². The van der Waals surface area contributed by atoms with Gasteiger partial charge in [-0.3, -0.25) is 4.79 Å². The lowest BCUT2D eigenvalue weighted by Crippen LogP contribution is -2.48. The van der Waals surface area contributed by atoms with E-state index in [9.17, 15) is 4.79 Å². The summed E-state index contributed by atoms with van der Waals surface area (Å²) in [4.78, 5) is 17.2. The van der Waals surface area contributed by atoms with Gasteiger partial charge in [0.1, 0.15) is 5.54 Å². The van der Waals surface area contributed by atoms with Gasteiger partial charge >= 0.3 is 0 Å². The number of amides is 1. The Balaban J connectivity index is 1.72. The first-order valence-corrected chi connectivity index (χ1v) is 12.5. The van der Waals surface area contributed by atoms with E-state index in [-0.39, 0.29) is 5.91 Å². The smallest absolute Gasteiger partial charge is 0.218 e. The second kappa shape index (κ2) is 9.08. The molecule has 1 N–H and O–H groups in total. The number of hydrogen-bond donors (Lipinski definition) is 1. The van der Waals surface area contributed by atoms with Crippen LogP contribution >= 0.6 is 11.6 Å². The number of benzene rings is 3. The molecule has 3 aromatic carbocycles. The average Bonchev–Trinajstić information content (AvgIpc) is 3.56. The predicted molar refractivity (Wildman–Crippen MR) is 147 cm³/mol. The van der Waals surface area contributed by atoms with E-state index in [0.717, 1.165) is 44.4 Å². The number of halogens is 1. The molecule has 8 nitrogen and oxygen atoms in total. The van der Waals surface area contributed by atoms with Crippen molar-refractivity contribution in [3.05, 3.63) is 113 Å². The molecule has 0 aliphatic rings. The maximum absolute atomic E-state index is 12.8. The number of carbonyl (C=O) groups excluding carboxylic acids is 1. The molecule has 0 aliphatic heterocycles. The van der Waals surface area contributed by atoms with Gasteiger partial charge < -0.3 is 9.88 Å². The fraction of sp³-hybridized carbons (Fsp3) is 0.138. The number of pyridine rings is 1. The third kappa shape index (κ3) is 3.81.